The number of carbonyl (C=O) groups is 2. The van der Waals surface area contributed by atoms with Crippen LogP contribution in [0.15, 0.2) is 0 Å². The summed E-state index contributed by atoms with van der Waals surface area (Å²) in [5.74, 6) is 0. The highest BCUT2D eigenvalue weighted by molar-refractivity contribution is 5.66. The van der Waals surface area contributed by atoms with Crippen LogP contribution in [0.5, 0.6) is 0 Å². The normalized spacial score (nSPS) is 7.83. The van der Waals surface area contributed by atoms with Gasteiger partial charge >= 0.3 is 12.6 Å². The van der Waals surface area contributed by atoms with Crippen molar-refractivity contribution in [1.29, 1.82) is 0 Å². The van der Waals surface area contributed by atoms with E-state index < -0.39 is 6.16 Å². The molecule has 12 heavy (non-hydrogen) atoms. The number of carbonyl (C=O) groups excluding carboxylic acids is 1. The fourth-order valence-electron chi connectivity index (χ4n) is 0.541. The van der Waals surface area contributed by atoms with Crippen molar-refractivity contribution >= 4 is 12.6 Å². The molecule has 0 spiro atoms. The molecule has 0 aliphatic carbocycles. The van der Waals surface area contributed by atoms with Crippen LogP contribution in [0.2, 0.25) is 0 Å². The third-order valence-electron chi connectivity index (χ3n) is 1.11. The highest BCUT2D eigenvalue weighted by atomic mass is 16.7. The maximum Gasteiger partial charge on any atom is 0.513 e. The van der Waals surface area contributed by atoms with E-state index in [9.17, 15) is 0 Å². The van der Waals surface area contributed by atoms with E-state index in [0.29, 0.717) is 0 Å². The molecule has 4 nitrogen and oxygen atoms in total. The molecule has 0 fully saturated rings. The lowest BCUT2D eigenvalue weighted by Gasteiger charge is -1.86. The van der Waals surface area contributed by atoms with E-state index in [1.807, 2.05) is 0 Å². The van der Waals surface area contributed by atoms with Crippen molar-refractivity contribution in [3.05, 3.63) is 0 Å². The molecular formula is C8H16O4. The van der Waals surface area contributed by atoms with Gasteiger partial charge in [0.25, 0.3) is 0 Å². The quantitative estimate of drug-likeness (QED) is 0.309. The molecule has 0 aromatic carbocycles. The minimum atomic E-state index is -1.58. The van der Waals surface area contributed by atoms with Crippen LogP contribution in [-0.2, 0) is 9.53 Å². The first-order chi connectivity index (χ1) is 5.68. The van der Waals surface area contributed by atoms with Gasteiger partial charge in [-0.3, -0.25) is 4.79 Å². The number of carboxylic acid groups (broad SMARTS) is 1. The van der Waals surface area contributed by atoms with E-state index in [1.54, 1.807) is 0 Å². The summed E-state index contributed by atoms with van der Waals surface area (Å²) in [5.41, 5.74) is 0. The second-order valence-corrected chi connectivity index (χ2v) is 2.19. The lowest BCUT2D eigenvalue weighted by molar-refractivity contribution is -0.124. The molecule has 72 valence electrons. The van der Waals surface area contributed by atoms with Gasteiger partial charge < -0.3 is 9.84 Å². The highest BCUT2D eigenvalue weighted by Crippen LogP contribution is 1.95. The predicted molar refractivity (Wildman–Crippen MR) is 45.0 cm³/mol. The van der Waals surface area contributed by atoms with Gasteiger partial charge in [-0.15, -0.1) is 0 Å². The Morgan fingerprint density at radius 1 is 1.33 bits per heavy atom. The van der Waals surface area contributed by atoms with Crippen LogP contribution in [-0.4, -0.2) is 17.7 Å². The standard InChI is InChI=1S/C6H14.C2H2O4/c1-3-5-6-4-2;3-1-6-2(4)5/h3-6H2,1-2H3;1H,(H,4,5). The molecule has 0 aliphatic rings. The average Bonchev–Trinajstić information content (AvgIpc) is 2.02. The van der Waals surface area contributed by atoms with Gasteiger partial charge in [0.15, 0.2) is 0 Å². The first-order valence-corrected chi connectivity index (χ1v) is 4.02. The minimum Gasteiger partial charge on any atom is -0.449 e. The predicted octanol–water partition coefficient (Wildman–Crippen LogP) is 2.42. The maximum absolute atomic E-state index is 9.15. The fraction of sp³-hybridized carbons (Fsp3) is 0.750. The van der Waals surface area contributed by atoms with Crippen molar-refractivity contribution in [1.82, 2.24) is 0 Å². The van der Waals surface area contributed by atoms with Crippen molar-refractivity contribution < 1.29 is 19.4 Å². The highest BCUT2D eigenvalue weighted by Gasteiger charge is 1.87. The van der Waals surface area contributed by atoms with Gasteiger partial charge in [-0.05, 0) is 0 Å². The molecule has 0 saturated carbocycles. The molecule has 0 atom stereocenters. The third-order valence-corrected chi connectivity index (χ3v) is 1.11. The largest absolute Gasteiger partial charge is 0.513 e. The molecule has 0 rings (SSSR count). The van der Waals surface area contributed by atoms with E-state index in [4.69, 9.17) is 14.7 Å². The molecule has 1 N–H and O–H groups in total. The number of unbranched alkanes of at least 4 members (excludes halogenated alkanes) is 3. The second-order valence-electron chi connectivity index (χ2n) is 2.19. The number of hydrogen-bond donors (Lipinski definition) is 1. The first-order valence-electron chi connectivity index (χ1n) is 4.02. The van der Waals surface area contributed by atoms with Crippen molar-refractivity contribution in [2.45, 2.75) is 39.5 Å². The molecular weight excluding hydrogens is 160 g/mol. The van der Waals surface area contributed by atoms with Crippen molar-refractivity contribution in [2.75, 3.05) is 0 Å². The Balaban J connectivity index is 0. The average molecular weight is 176 g/mol. The lowest BCUT2D eigenvalue weighted by Crippen LogP contribution is -1.95. The van der Waals surface area contributed by atoms with Gasteiger partial charge in [0.05, 0.1) is 0 Å². The van der Waals surface area contributed by atoms with Crippen LogP contribution in [0.1, 0.15) is 39.5 Å². The number of ether oxygens (including phenoxy) is 1. The van der Waals surface area contributed by atoms with Crippen LogP contribution in [0.4, 0.5) is 4.79 Å². The van der Waals surface area contributed by atoms with Gasteiger partial charge in [-0.25, -0.2) is 4.79 Å². The van der Waals surface area contributed by atoms with E-state index >= 15 is 0 Å². The molecule has 0 aliphatic heterocycles. The molecule has 0 unspecified atom stereocenters. The van der Waals surface area contributed by atoms with Crippen molar-refractivity contribution in [3.8, 4) is 0 Å². The van der Waals surface area contributed by atoms with Gasteiger partial charge in [0, 0.05) is 0 Å². The maximum atomic E-state index is 9.15. The van der Waals surface area contributed by atoms with Crippen molar-refractivity contribution in [3.63, 3.8) is 0 Å². The van der Waals surface area contributed by atoms with Gasteiger partial charge in [-0.1, -0.05) is 39.5 Å². The number of hydrogen-bond acceptors (Lipinski definition) is 3. The molecule has 0 aromatic rings. The Morgan fingerprint density at radius 3 is 1.83 bits per heavy atom. The van der Waals surface area contributed by atoms with Gasteiger partial charge in [-0.2, -0.15) is 0 Å². The Hall–Kier alpha value is -1.06. The summed E-state index contributed by atoms with van der Waals surface area (Å²) in [6, 6.07) is 0. The van der Waals surface area contributed by atoms with Crippen LogP contribution >= 0.6 is 0 Å². The van der Waals surface area contributed by atoms with Crippen molar-refractivity contribution in [2.24, 2.45) is 0 Å². The zero-order chi connectivity index (χ0) is 9.82. The smallest absolute Gasteiger partial charge is 0.449 e. The monoisotopic (exact) mass is 176 g/mol. The SMILES string of the molecule is CCCCCC.O=COC(=O)O. The van der Waals surface area contributed by atoms with Crippen LogP contribution in [0.25, 0.3) is 0 Å². The summed E-state index contributed by atoms with van der Waals surface area (Å²) in [6.07, 6.45) is 3.96. The molecule has 0 aromatic heterocycles. The molecule has 0 heterocycles. The number of rotatable bonds is 4. The summed E-state index contributed by atoms with van der Waals surface area (Å²) in [4.78, 5) is 18.2. The fourth-order valence-corrected chi connectivity index (χ4v) is 0.541. The second kappa shape index (κ2) is 12.6. The van der Waals surface area contributed by atoms with Gasteiger partial charge in [0.1, 0.15) is 0 Å². The zero-order valence-corrected chi connectivity index (χ0v) is 7.58. The Morgan fingerprint density at radius 2 is 1.75 bits per heavy atom. The van der Waals surface area contributed by atoms with E-state index in [-0.39, 0.29) is 6.47 Å². The summed E-state index contributed by atoms with van der Waals surface area (Å²) in [6.45, 7) is 4.31. The Kier molecular flexibility index (Phi) is 14.2. The van der Waals surface area contributed by atoms with E-state index in [1.165, 1.54) is 25.7 Å². The summed E-state index contributed by atoms with van der Waals surface area (Å²) in [5, 5.41) is 7.46. The zero-order valence-electron chi connectivity index (χ0n) is 7.58. The Labute approximate surface area is 72.5 Å². The molecule has 0 saturated heterocycles. The van der Waals surface area contributed by atoms with E-state index in [2.05, 4.69) is 18.6 Å². The van der Waals surface area contributed by atoms with Crippen LogP contribution < -0.4 is 0 Å². The third kappa shape index (κ3) is 23.1. The van der Waals surface area contributed by atoms with E-state index in [0.717, 1.165) is 0 Å². The first kappa shape index (κ1) is 13.5. The molecule has 0 bridgehead atoms. The van der Waals surface area contributed by atoms with Crippen LogP contribution in [0.3, 0.4) is 0 Å². The topological polar surface area (TPSA) is 63.6 Å². The van der Waals surface area contributed by atoms with Crippen LogP contribution in [0, 0.1) is 0 Å². The Bertz CT molecular complexity index is 108. The molecule has 0 amide bonds. The minimum absolute atomic E-state index is 0.150. The van der Waals surface area contributed by atoms with Gasteiger partial charge in [0.2, 0.25) is 0 Å². The molecule has 4 heteroatoms. The molecule has 0 radical (unpaired) electrons. The summed E-state index contributed by atoms with van der Waals surface area (Å²) in [7, 11) is 0. The summed E-state index contributed by atoms with van der Waals surface area (Å²) >= 11 is 0. The summed E-state index contributed by atoms with van der Waals surface area (Å²) < 4.78 is 3.28. The lowest BCUT2D eigenvalue weighted by atomic mass is 10.2.